The zero-order valence-corrected chi connectivity index (χ0v) is 13.5. The van der Waals surface area contributed by atoms with Gasteiger partial charge in [-0.1, -0.05) is 0 Å². The van der Waals surface area contributed by atoms with Crippen LogP contribution >= 0.6 is 0 Å². The van der Waals surface area contributed by atoms with Crippen LogP contribution in [0.1, 0.15) is 27.7 Å². The summed E-state index contributed by atoms with van der Waals surface area (Å²) < 4.78 is 29.2. The Hall–Kier alpha value is -0.915. The maximum Gasteiger partial charge on any atom is 0.497 e. The first-order valence-corrected chi connectivity index (χ1v) is 7.96. The van der Waals surface area contributed by atoms with E-state index in [1.54, 1.807) is 18.6 Å². The first kappa shape index (κ1) is 15.5. The van der Waals surface area contributed by atoms with Crippen molar-refractivity contribution < 1.29 is 18.3 Å². The minimum Gasteiger partial charge on any atom is -0.494 e. The summed E-state index contributed by atoms with van der Waals surface area (Å²) in [5.74, 6) is 0.484. The third kappa shape index (κ3) is 2.50. The van der Waals surface area contributed by atoms with E-state index in [1.165, 1.54) is 7.11 Å². The lowest BCUT2D eigenvalue weighted by Gasteiger charge is -2.32. The maximum absolute atomic E-state index is 12.0. The molecule has 110 valence electrons. The predicted octanol–water partition coefficient (Wildman–Crippen LogP) is 1.13. The van der Waals surface area contributed by atoms with Gasteiger partial charge in [0.15, 0.2) is 5.75 Å². The van der Waals surface area contributed by atoms with Crippen LogP contribution in [0.3, 0.4) is 0 Å². The van der Waals surface area contributed by atoms with E-state index in [-0.39, 0.29) is 0 Å². The van der Waals surface area contributed by atoms with Crippen LogP contribution in [-0.4, -0.2) is 40.9 Å². The van der Waals surface area contributed by atoms with Gasteiger partial charge in [-0.25, -0.2) is 0 Å². The van der Waals surface area contributed by atoms with Crippen molar-refractivity contribution >= 4 is 23.4 Å². The van der Waals surface area contributed by atoms with E-state index in [2.05, 4.69) is 4.98 Å². The van der Waals surface area contributed by atoms with Gasteiger partial charge in [0, 0.05) is 17.9 Å². The number of methoxy groups -OCH3 is 1. The Balaban J connectivity index is 2.48. The molecule has 1 saturated heterocycles. The fraction of sp³-hybridized carbons (Fsp3) is 0.615. The van der Waals surface area contributed by atoms with Crippen molar-refractivity contribution in [2.45, 2.75) is 43.8 Å². The molecule has 1 atom stereocenters. The van der Waals surface area contributed by atoms with Crippen molar-refractivity contribution in [2.75, 3.05) is 13.4 Å². The molecular formula is C13H20BNO4S. The predicted molar refractivity (Wildman–Crippen MR) is 78.8 cm³/mol. The molecule has 0 aromatic carbocycles. The molecule has 2 rings (SSSR count). The topological polar surface area (TPSA) is 57.6 Å². The molecule has 1 aliphatic rings. The molecule has 0 amide bonds. The second kappa shape index (κ2) is 5.13. The van der Waals surface area contributed by atoms with E-state index >= 15 is 0 Å². The van der Waals surface area contributed by atoms with E-state index in [9.17, 15) is 4.21 Å². The molecule has 5 nitrogen and oxygen atoms in total. The van der Waals surface area contributed by atoms with Crippen LogP contribution in [-0.2, 0) is 20.1 Å². The molecule has 0 bridgehead atoms. The van der Waals surface area contributed by atoms with Crippen LogP contribution in [0.15, 0.2) is 17.3 Å². The molecule has 0 aliphatic carbocycles. The summed E-state index contributed by atoms with van der Waals surface area (Å²) in [5, 5.41) is 0. The molecule has 0 saturated carbocycles. The number of nitrogens with zero attached hydrogens (tertiary/aromatic N) is 1. The summed E-state index contributed by atoms with van der Waals surface area (Å²) in [6, 6.07) is 0. The van der Waals surface area contributed by atoms with Crippen LogP contribution in [0.4, 0.5) is 0 Å². The second-order valence-corrected chi connectivity index (χ2v) is 7.12. The summed E-state index contributed by atoms with van der Waals surface area (Å²) in [5.41, 5.74) is -0.246. The van der Waals surface area contributed by atoms with Crippen molar-refractivity contribution in [1.29, 1.82) is 0 Å². The fourth-order valence-corrected chi connectivity index (χ4v) is 2.94. The Bertz CT molecular complexity index is 531. The summed E-state index contributed by atoms with van der Waals surface area (Å²) >= 11 is 0. The third-order valence-corrected chi connectivity index (χ3v) is 4.92. The Morgan fingerprint density at radius 3 is 2.20 bits per heavy atom. The van der Waals surface area contributed by atoms with Crippen molar-refractivity contribution in [3.8, 4) is 5.75 Å². The molecular weight excluding hydrogens is 277 g/mol. The van der Waals surface area contributed by atoms with Crippen molar-refractivity contribution in [2.24, 2.45) is 0 Å². The zero-order chi connectivity index (χ0) is 15.1. The fourth-order valence-electron chi connectivity index (χ4n) is 2.04. The first-order valence-electron chi connectivity index (χ1n) is 6.40. The molecule has 0 spiro atoms. The highest BCUT2D eigenvalue weighted by Crippen LogP contribution is 2.37. The molecule has 2 heterocycles. The molecule has 20 heavy (non-hydrogen) atoms. The number of aromatic nitrogens is 1. The number of hydrogen-bond acceptors (Lipinski definition) is 5. The van der Waals surface area contributed by atoms with Crippen LogP contribution < -0.4 is 10.2 Å². The number of pyridine rings is 1. The van der Waals surface area contributed by atoms with Crippen LogP contribution in [0.25, 0.3) is 0 Å². The van der Waals surface area contributed by atoms with Crippen LogP contribution in [0.2, 0.25) is 0 Å². The van der Waals surface area contributed by atoms with Crippen LogP contribution in [0.5, 0.6) is 5.75 Å². The Kier molecular flexibility index (Phi) is 3.97. The monoisotopic (exact) mass is 297 g/mol. The SMILES string of the molecule is COc1cncc(B2OC(C)(C)C(C)(C)O2)c1S(C)=O. The van der Waals surface area contributed by atoms with Crippen molar-refractivity contribution in [1.82, 2.24) is 4.98 Å². The normalized spacial score (nSPS) is 21.8. The van der Waals surface area contributed by atoms with Gasteiger partial charge >= 0.3 is 7.12 Å². The number of hydrogen-bond donors (Lipinski definition) is 0. The average molecular weight is 297 g/mol. The lowest BCUT2D eigenvalue weighted by Crippen LogP contribution is -2.41. The molecule has 1 aromatic heterocycles. The average Bonchev–Trinajstić information content (AvgIpc) is 2.57. The van der Waals surface area contributed by atoms with Crippen molar-refractivity contribution in [3.63, 3.8) is 0 Å². The van der Waals surface area contributed by atoms with Gasteiger partial charge in [-0.15, -0.1) is 0 Å². The maximum atomic E-state index is 12.0. The first-order chi connectivity index (χ1) is 9.19. The third-order valence-electron chi connectivity index (χ3n) is 3.91. The zero-order valence-electron chi connectivity index (χ0n) is 12.7. The highest BCUT2D eigenvalue weighted by Gasteiger charge is 2.52. The van der Waals surface area contributed by atoms with E-state index in [1.807, 2.05) is 27.7 Å². The van der Waals surface area contributed by atoms with Gasteiger partial charge in [-0.2, -0.15) is 0 Å². The molecule has 7 heteroatoms. The van der Waals surface area contributed by atoms with E-state index in [0.717, 1.165) is 0 Å². The molecule has 1 aromatic rings. The number of ether oxygens (including phenoxy) is 1. The van der Waals surface area contributed by atoms with Gasteiger partial charge < -0.3 is 14.0 Å². The van der Waals surface area contributed by atoms with Crippen molar-refractivity contribution in [3.05, 3.63) is 12.4 Å². The lowest BCUT2D eigenvalue weighted by molar-refractivity contribution is 0.00578. The Morgan fingerprint density at radius 2 is 1.75 bits per heavy atom. The van der Waals surface area contributed by atoms with Crippen LogP contribution in [0, 0.1) is 0 Å². The van der Waals surface area contributed by atoms with Gasteiger partial charge in [0.1, 0.15) is 0 Å². The molecule has 1 aliphatic heterocycles. The lowest BCUT2D eigenvalue weighted by atomic mass is 9.80. The van der Waals surface area contributed by atoms with E-state index in [0.29, 0.717) is 16.1 Å². The second-order valence-electron chi connectivity index (χ2n) is 5.80. The molecule has 1 unspecified atom stereocenters. The van der Waals surface area contributed by atoms with E-state index < -0.39 is 29.1 Å². The molecule has 1 fully saturated rings. The molecule has 0 N–H and O–H groups in total. The highest BCUT2D eigenvalue weighted by molar-refractivity contribution is 7.84. The van der Waals surface area contributed by atoms with Gasteiger partial charge in [-0.05, 0) is 27.7 Å². The molecule has 0 radical (unpaired) electrons. The Labute approximate surface area is 122 Å². The standard InChI is InChI=1S/C13H20BNO4S/c1-12(2)13(3,4)19-14(18-12)9-7-15-8-10(17-5)11(9)20(6)16/h7-8H,1-6H3. The summed E-state index contributed by atoms with van der Waals surface area (Å²) in [7, 11) is -0.289. The highest BCUT2D eigenvalue weighted by atomic mass is 32.2. The van der Waals surface area contributed by atoms with Gasteiger partial charge in [0.2, 0.25) is 0 Å². The van der Waals surface area contributed by atoms with Gasteiger partial charge in [0.25, 0.3) is 0 Å². The van der Waals surface area contributed by atoms with E-state index in [4.69, 9.17) is 14.0 Å². The van der Waals surface area contributed by atoms with Gasteiger partial charge in [0.05, 0.1) is 40.2 Å². The number of rotatable bonds is 3. The largest absolute Gasteiger partial charge is 0.497 e. The summed E-state index contributed by atoms with van der Waals surface area (Å²) in [6.07, 6.45) is 4.78. The smallest absolute Gasteiger partial charge is 0.494 e. The summed E-state index contributed by atoms with van der Waals surface area (Å²) in [4.78, 5) is 4.69. The van der Waals surface area contributed by atoms with Gasteiger partial charge in [-0.3, -0.25) is 9.19 Å². The minimum atomic E-state index is -1.22. The Morgan fingerprint density at radius 1 is 1.20 bits per heavy atom. The minimum absolute atomic E-state index is 0.451. The summed E-state index contributed by atoms with van der Waals surface area (Å²) in [6.45, 7) is 7.90. The quantitative estimate of drug-likeness (QED) is 0.783.